The fourth-order valence-corrected chi connectivity index (χ4v) is 1.50. The van der Waals surface area contributed by atoms with Crippen LogP contribution in [0.25, 0.3) is 0 Å². The average molecular weight is 269 g/mol. The summed E-state index contributed by atoms with van der Waals surface area (Å²) in [4.78, 5) is 11.9. The number of nitrogens with one attached hydrogen (secondary N) is 1. The van der Waals surface area contributed by atoms with E-state index in [1.807, 2.05) is 20.8 Å². The highest BCUT2D eigenvalue weighted by atomic mass is 19.1. The van der Waals surface area contributed by atoms with Gasteiger partial charge in [-0.2, -0.15) is 0 Å². The van der Waals surface area contributed by atoms with E-state index in [0.717, 1.165) is 0 Å². The quantitative estimate of drug-likeness (QED) is 0.879. The van der Waals surface area contributed by atoms with E-state index >= 15 is 0 Å². The van der Waals surface area contributed by atoms with Crippen LogP contribution in [0.3, 0.4) is 0 Å². The van der Waals surface area contributed by atoms with Crippen molar-refractivity contribution in [3.05, 3.63) is 29.6 Å². The predicted molar refractivity (Wildman–Crippen MR) is 70.3 cm³/mol. The molecule has 1 rings (SSSR count). The minimum atomic E-state index is -0.727. The second-order valence-corrected chi connectivity index (χ2v) is 5.41. The van der Waals surface area contributed by atoms with Gasteiger partial charge in [0.15, 0.2) is 6.10 Å². The number of hydrogen-bond acceptors (Lipinski definition) is 3. The molecule has 0 saturated carbocycles. The van der Waals surface area contributed by atoms with E-state index in [4.69, 9.17) is 9.84 Å². The molecule has 0 aliphatic carbocycles. The van der Waals surface area contributed by atoms with Crippen molar-refractivity contribution in [1.29, 1.82) is 0 Å². The molecule has 0 radical (unpaired) electrons. The van der Waals surface area contributed by atoms with Gasteiger partial charge in [-0.3, -0.25) is 4.79 Å². The molecule has 2 N–H and O–H groups in total. The van der Waals surface area contributed by atoms with Crippen LogP contribution in [-0.4, -0.2) is 22.7 Å². The minimum Gasteiger partial charge on any atom is -0.481 e. The molecule has 4 nitrogen and oxygen atoms in total. The summed E-state index contributed by atoms with van der Waals surface area (Å²) < 4.78 is 18.5. The molecule has 1 aromatic rings. The molecule has 0 aromatic heterocycles. The number of rotatable bonds is 4. The molecule has 1 amide bonds. The summed E-state index contributed by atoms with van der Waals surface area (Å²) in [7, 11) is 0. The third-order valence-electron chi connectivity index (χ3n) is 2.36. The van der Waals surface area contributed by atoms with Crippen LogP contribution in [0.5, 0.6) is 5.75 Å². The van der Waals surface area contributed by atoms with Crippen molar-refractivity contribution < 1.29 is 19.0 Å². The molecule has 5 heteroatoms. The number of amides is 1. The Balaban J connectivity index is 2.76. The summed E-state index contributed by atoms with van der Waals surface area (Å²) in [5, 5.41) is 11.9. The molecule has 0 aliphatic rings. The van der Waals surface area contributed by atoms with E-state index in [9.17, 15) is 9.18 Å². The Morgan fingerprint density at radius 2 is 2.11 bits per heavy atom. The molecule has 1 aromatic carbocycles. The van der Waals surface area contributed by atoms with Gasteiger partial charge in [0, 0.05) is 11.1 Å². The standard InChI is InChI=1S/C14H20FNO3/c1-9(13(18)16-14(2,3)4)19-12-6-5-11(15)7-10(12)8-17/h5-7,9,17H,8H2,1-4H3,(H,16,18). The lowest BCUT2D eigenvalue weighted by molar-refractivity contribution is -0.128. The number of halogens is 1. The monoisotopic (exact) mass is 269 g/mol. The van der Waals surface area contributed by atoms with E-state index < -0.39 is 11.9 Å². The zero-order valence-electron chi connectivity index (χ0n) is 11.7. The predicted octanol–water partition coefficient (Wildman–Crippen LogP) is 2.00. The van der Waals surface area contributed by atoms with Crippen LogP contribution in [0.1, 0.15) is 33.3 Å². The number of carbonyl (C=O) groups excluding carboxylic acids is 1. The normalized spacial score (nSPS) is 12.9. The van der Waals surface area contributed by atoms with Gasteiger partial charge in [-0.25, -0.2) is 4.39 Å². The van der Waals surface area contributed by atoms with E-state index in [0.29, 0.717) is 11.3 Å². The van der Waals surface area contributed by atoms with Crippen LogP contribution in [0, 0.1) is 5.82 Å². The average Bonchev–Trinajstić information content (AvgIpc) is 2.29. The van der Waals surface area contributed by atoms with Crippen LogP contribution in [0.4, 0.5) is 4.39 Å². The lowest BCUT2D eigenvalue weighted by Crippen LogP contribution is -2.46. The maximum Gasteiger partial charge on any atom is 0.261 e. The summed E-state index contributed by atoms with van der Waals surface area (Å²) in [6.07, 6.45) is -0.727. The van der Waals surface area contributed by atoms with E-state index in [1.54, 1.807) is 6.92 Å². The molecule has 0 bridgehead atoms. The Hall–Kier alpha value is -1.62. The zero-order valence-corrected chi connectivity index (χ0v) is 11.7. The molecule has 1 atom stereocenters. The third kappa shape index (κ3) is 4.87. The molecule has 0 saturated heterocycles. The topological polar surface area (TPSA) is 58.6 Å². The molecule has 0 spiro atoms. The molecule has 0 aliphatic heterocycles. The molecule has 1 unspecified atom stereocenters. The Morgan fingerprint density at radius 3 is 2.63 bits per heavy atom. The molecular formula is C14H20FNO3. The summed E-state index contributed by atoms with van der Waals surface area (Å²) in [5.41, 5.74) is -0.0347. The van der Waals surface area contributed by atoms with Crippen LogP contribution in [0.2, 0.25) is 0 Å². The SMILES string of the molecule is CC(Oc1ccc(F)cc1CO)C(=O)NC(C)(C)C. The van der Waals surface area contributed by atoms with E-state index in [-0.39, 0.29) is 18.1 Å². The fraction of sp³-hybridized carbons (Fsp3) is 0.500. The maximum absolute atomic E-state index is 13.0. The largest absolute Gasteiger partial charge is 0.481 e. The fourth-order valence-electron chi connectivity index (χ4n) is 1.50. The Labute approximate surface area is 112 Å². The van der Waals surface area contributed by atoms with Crippen molar-refractivity contribution in [1.82, 2.24) is 5.32 Å². The van der Waals surface area contributed by atoms with Gasteiger partial charge in [0.05, 0.1) is 6.61 Å². The smallest absolute Gasteiger partial charge is 0.261 e. The Morgan fingerprint density at radius 1 is 1.47 bits per heavy atom. The van der Waals surface area contributed by atoms with Crippen molar-refractivity contribution in [3.63, 3.8) is 0 Å². The number of aliphatic hydroxyl groups is 1. The molecular weight excluding hydrogens is 249 g/mol. The van der Waals surface area contributed by atoms with Gasteiger partial charge < -0.3 is 15.2 Å². The minimum absolute atomic E-state index is 0.263. The third-order valence-corrected chi connectivity index (χ3v) is 2.36. The van der Waals surface area contributed by atoms with Crippen LogP contribution in [0.15, 0.2) is 18.2 Å². The van der Waals surface area contributed by atoms with Crippen molar-refractivity contribution >= 4 is 5.91 Å². The van der Waals surface area contributed by atoms with Gasteiger partial charge in [0.25, 0.3) is 5.91 Å². The van der Waals surface area contributed by atoms with Gasteiger partial charge >= 0.3 is 0 Å². The molecule has 0 heterocycles. The molecule has 0 fully saturated rings. The first-order valence-corrected chi connectivity index (χ1v) is 6.11. The number of carbonyl (C=O) groups is 1. The first-order valence-electron chi connectivity index (χ1n) is 6.11. The van der Waals surface area contributed by atoms with Crippen LogP contribution < -0.4 is 10.1 Å². The number of aliphatic hydroxyl groups excluding tert-OH is 1. The second-order valence-electron chi connectivity index (χ2n) is 5.41. The van der Waals surface area contributed by atoms with Gasteiger partial charge in [0.1, 0.15) is 11.6 Å². The summed E-state index contributed by atoms with van der Waals surface area (Å²) in [6.45, 7) is 6.87. The van der Waals surface area contributed by atoms with E-state index in [2.05, 4.69) is 5.32 Å². The first kappa shape index (κ1) is 15.4. The van der Waals surface area contributed by atoms with Gasteiger partial charge in [-0.05, 0) is 45.9 Å². The highest BCUT2D eigenvalue weighted by Crippen LogP contribution is 2.21. The Kier molecular flexibility index (Phi) is 4.89. The summed E-state index contributed by atoms with van der Waals surface area (Å²) in [5.74, 6) is -0.413. The number of benzene rings is 1. The van der Waals surface area contributed by atoms with Crippen LogP contribution >= 0.6 is 0 Å². The zero-order chi connectivity index (χ0) is 14.6. The number of ether oxygens (including phenoxy) is 1. The highest BCUT2D eigenvalue weighted by molar-refractivity contribution is 5.81. The molecule has 106 valence electrons. The Bertz CT molecular complexity index is 454. The highest BCUT2D eigenvalue weighted by Gasteiger charge is 2.21. The van der Waals surface area contributed by atoms with Crippen molar-refractivity contribution in [2.75, 3.05) is 0 Å². The van der Waals surface area contributed by atoms with E-state index in [1.165, 1.54) is 18.2 Å². The van der Waals surface area contributed by atoms with Gasteiger partial charge in [-0.1, -0.05) is 0 Å². The lowest BCUT2D eigenvalue weighted by atomic mass is 10.1. The summed E-state index contributed by atoms with van der Waals surface area (Å²) in [6, 6.07) is 3.81. The number of hydrogen-bond donors (Lipinski definition) is 2. The van der Waals surface area contributed by atoms with Crippen molar-refractivity contribution in [3.8, 4) is 5.75 Å². The van der Waals surface area contributed by atoms with Gasteiger partial charge in [0.2, 0.25) is 0 Å². The first-order chi connectivity index (χ1) is 8.73. The van der Waals surface area contributed by atoms with Crippen molar-refractivity contribution in [2.24, 2.45) is 0 Å². The second kappa shape index (κ2) is 6.02. The lowest BCUT2D eigenvalue weighted by Gasteiger charge is -2.24. The maximum atomic E-state index is 13.0. The summed E-state index contributed by atoms with van der Waals surface area (Å²) >= 11 is 0. The van der Waals surface area contributed by atoms with Gasteiger partial charge in [-0.15, -0.1) is 0 Å². The van der Waals surface area contributed by atoms with Crippen molar-refractivity contribution in [2.45, 2.75) is 45.9 Å². The van der Waals surface area contributed by atoms with Crippen LogP contribution in [-0.2, 0) is 11.4 Å². The molecule has 19 heavy (non-hydrogen) atoms.